The lowest BCUT2D eigenvalue weighted by molar-refractivity contribution is -0.120. The van der Waals surface area contributed by atoms with E-state index in [1.807, 2.05) is 0 Å². The van der Waals surface area contributed by atoms with Crippen molar-refractivity contribution in [1.82, 2.24) is 5.32 Å². The second-order valence-electron chi connectivity index (χ2n) is 6.03. The summed E-state index contributed by atoms with van der Waals surface area (Å²) in [7, 11) is 1.37. The summed E-state index contributed by atoms with van der Waals surface area (Å²) >= 11 is 0. The van der Waals surface area contributed by atoms with Crippen LogP contribution < -0.4 is 20.1 Å². The molecule has 1 aromatic carbocycles. The first kappa shape index (κ1) is 18.3. The van der Waals surface area contributed by atoms with Crippen molar-refractivity contribution in [2.75, 3.05) is 19.0 Å². The molecule has 1 amide bonds. The summed E-state index contributed by atoms with van der Waals surface area (Å²) in [5.41, 5.74) is 0.512. The number of hydrogen-bond donors (Lipinski definition) is 2. The van der Waals surface area contributed by atoms with Gasteiger partial charge in [-0.2, -0.15) is 8.78 Å². The summed E-state index contributed by atoms with van der Waals surface area (Å²) in [6, 6.07) is 4.76. The van der Waals surface area contributed by atoms with Crippen molar-refractivity contribution in [3.8, 4) is 11.5 Å². The summed E-state index contributed by atoms with van der Waals surface area (Å²) in [4.78, 5) is 12.1. The van der Waals surface area contributed by atoms with E-state index >= 15 is 0 Å². The minimum Gasteiger partial charge on any atom is -0.493 e. The second-order valence-corrected chi connectivity index (χ2v) is 6.03. The molecule has 7 heteroatoms. The second kappa shape index (κ2) is 8.70. The highest BCUT2D eigenvalue weighted by Crippen LogP contribution is 2.31. The fourth-order valence-electron chi connectivity index (χ4n) is 2.95. The molecule has 1 saturated carbocycles. The zero-order valence-electron chi connectivity index (χ0n) is 14.0. The van der Waals surface area contributed by atoms with E-state index in [4.69, 9.17) is 4.74 Å². The summed E-state index contributed by atoms with van der Waals surface area (Å²) in [6.45, 7) is -0.719. The van der Waals surface area contributed by atoms with Crippen molar-refractivity contribution in [1.29, 1.82) is 0 Å². The number of anilines is 1. The Morgan fingerprint density at radius 3 is 2.71 bits per heavy atom. The van der Waals surface area contributed by atoms with Gasteiger partial charge in [0.2, 0.25) is 5.91 Å². The van der Waals surface area contributed by atoms with Crippen LogP contribution in [0.25, 0.3) is 0 Å². The van der Waals surface area contributed by atoms with Crippen molar-refractivity contribution in [3.05, 3.63) is 18.2 Å². The number of carbonyl (C=O) groups excluding carboxylic acids is 1. The van der Waals surface area contributed by atoms with Crippen LogP contribution in [0.3, 0.4) is 0 Å². The van der Waals surface area contributed by atoms with Crippen molar-refractivity contribution < 1.29 is 23.0 Å². The number of ether oxygens (including phenoxy) is 2. The van der Waals surface area contributed by atoms with E-state index in [-0.39, 0.29) is 30.0 Å². The van der Waals surface area contributed by atoms with E-state index in [0.29, 0.717) is 11.6 Å². The molecule has 0 unspecified atom stereocenters. The number of alkyl halides is 2. The molecule has 0 saturated heterocycles. The van der Waals surface area contributed by atoms with Crippen LogP contribution in [0.5, 0.6) is 11.5 Å². The molecule has 134 valence electrons. The van der Waals surface area contributed by atoms with Crippen LogP contribution in [0, 0.1) is 5.92 Å². The number of rotatable bonds is 7. The molecule has 1 fully saturated rings. The highest BCUT2D eigenvalue weighted by molar-refractivity contribution is 5.81. The highest BCUT2D eigenvalue weighted by atomic mass is 19.3. The molecule has 2 N–H and O–H groups in total. The van der Waals surface area contributed by atoms with Crippen molar-refractivity contribution in [2.24, 2.45) is 5.92 Å². The van der Waals surface area contributed by atoms with Crippen LogP contribution >= 0.6 is 0 Å². The molecule has 1 aliphatic carbocycles. The van der Waals surface area contributed by atoms with Gasteiger partial charge in [-0.15, -0.1) is 0 Å². The smallest absolute Gasteiger partial charge is 0.387 e. The van der Waals surface area contributed by atoms with Gasteiger partial charge < -0.3 is 20.1 Å². The Labute approximate surface area is 140 Å². The van der Waals surface area contributed by atoms with Crippen LogP contribution in [-0.2, 0) is 4.79 Å². The first-order valence-electron chi connectivity index (χ1n) is 8.15. The van der Waals surface area contributed by atoms with Gasteiger partial charge in [0.05, 0.1) is 13.7 Å². The Morgan fingerprint density at radius 1 is 1.29 bits per heavy atom. The predicted molar refractivity (Wildman–Crippen MR) is 87.7 cm³/mol. The first-order valence-corrected chi connectivity index (χ1v) is 8.15. The number of carbonyl (C=O) groups is 1. The van der Waals surface area contributed by atoms with Crippen LogP contribution in [0.2, 0.25) is 0 Å². The quantitative estimate of drug-likeness (QED) is 0.797. The Morgan fingerprint density at radius 2 is 2.04 bits per heavy atom. The molecule has 0 heterocycles. The number of benzene rings is 1. The maximum absolute atomic E-state index is 12.4. The minimum absolute atomic E-state index is 0.0705. The molecule has 0 bridgehead atoms. The Balaban J connectivity index is 1.89. The van der Waals surface area contributed by atoms with Gasteiger partial charge in [0.25, 0.3) is 0 Å². The summed E-state index contributed by atoms with van der Waals surface area (Å²) in [5.74, 6) is 0.510. The molecule has 0 aliphatic heterocycles. The number of halogens is 2. The number of amides is 1. The zero-order chi connectivity index (χ0) is 17.5. The van der Waals surface area contributed by atoms with E-state index in [1.54, 1.807) is 6.07 Å². The number of methoxy groups -OCH3 is 1. The molecule has 24 heavy (non-hydrogen) atoms. The molecular formula is C17H24F2N2O3. The standard InChI is InChI=1S/C17H24F2N2O3/c1-11-5-3-4-6-13(11)21-16(22)10-20-12-7-8-14(23-2)15(9-12)24-17(18)19/h7-9,11,13,17,20H,3-6,10H2,1-2H3,(H,21,22)/t11-,13+/m1/s1. The van der Waals surface area contributed by atoms with Crippen molar-refractivity contribution in [3.63, 3.8) is 0 Å². The molecule has 0 spiro atoms. The maximum Gasteiger partial charge on any atom is 0.387 e. The first-order chi connectivity index (χ1) is 11.5. The van der Waals surface area contributed by atoms with Gasteiger partial charge in [-0.1, -0.05) is 19.8 Å². The molecule has 0 aromatic heterocycles. The van der Waals surface area contributed by atoms with Gasteiger partial charge in [0.1, 0.15) is 0 Å². The lowest BCUT2D eigenvalue weighted by atomic mass is 9.86. The van der Waals surface area contributed by atoms with E-state index in [0.717, 1.165) is 19.3 Å². The van der Waals surface area contributed by atoms with Gasteiger partial charge >= 0.3 is 6.61 Å². The molecule has 2 atom stereocenters. The van der Waals surface area contributed by atoms with Gasteiger partial charge in [-0.05, 0) is 30.9 Å². The zero-order valence-corrected chi connectivity index (χ0v) is 14.0. The SMILES string of the molecule is COc1ccc(NCC(=O)N[C@H]2CCCC[C@H]2C)cc1OC(F)F. The summed E-state index contributed by atoms with van der Waals surface area (Å²) in [5, 5.41) is 5.95. The van der Waals surface area contributed by atoms with E-state index in [1.165, 1.54) is 25.7 Å². The monoisotopic (exact) mass is 342 g/mol. The molecular weight excluding hydrogens is 318 g/mol. The van der Waals surface area contributed by atoms with Gasteiger partial charge in [-0.3, -0.25) is 4.79 Å². The fraction of sp³-hybridized carbons (Fsp3) is 0.588. The average Bonchev–Trinajstić information content (AvgIpc) is 2.55. The van der Waals surface area contributed by atoms with Crippen molar-refractivity contribution >= 4 is 11.6 Å². The normalized spacial score (nSPS) is 20.5. The number of hydrogen-bond acceptors (Lipinski definition) is 4. The molecule has 1 aromatic rings. The molecule has 0 radical (unpaired) electrons. The minimum atomic E-state index is -2.94. The number of nitrogens with one attached hydrogen (secondary N) is 2. The third kappa shape index (κ3) is 5.25. The van der Waals surface area contributed by atoms with Crippen LogP contribution in [0.15, 0.2) is 18.2 Å². The average molecular weight is 342 g/mol. The van der Waals surface area contributed by atoms with Crippen LogP contribution in [0.1, 0.15) is 32.6 Å². The fourth-order valence-corrected chi connectivity index (χ4v) is 2.95. The molecule has 2 rings (SSSR count). The van der Waals surface area contributed by atoms with Gasteiger partial charge in [0, 0.05) is 17.8 Å². The highest BCUT2D eigenvalue weighted by Gasteiger charge is 2.22. The Hall–Kier alpha value is -2.05. The summed E-state index contributed by atoms with van der Waals surface area (Å²) < 4.78 is 34.2. The van der Waals surface area contributed by atoms with Crippen molar-refractivity contribution in [2.45, 2.75) is 45.3 Å². The largest absolute Gasteiger partial charge is 0.493 e. The predicted octanol–water partition coefficient (Wildman–Crippen LogP) is 3.40. The third-order valence-corrected chi connectivity index (χ3v) is 4.29. The van der Waals surface area contributed by atoms with Crippen LogP contribution in [0.4, 0.5) is 14.5 Å². The topological polar surface area (TPSA) is 59.6 Å². The van der Waals surface area contributed by atoms with E-state index in [9.17, 15) is 13.6 Å². The van der Waals surface area contributed by atoms with Gasteiger partial charge in [-0.25, -0.2) is 0 Å². The Kier molecular flexibility index (Phi) is 6.63. The van der Waals surface area contributed by atoms with Gasteiger partial charge in [0.15, 0.2) is 11.5 Å². The third-order valence-electron chi connectivity index (χ3n) is 4.29. The van der Waals surface area contributed by atoms with E-state index < -0.39 is 6.61 Å². The maximum atomic E-state index is 12.4. The summed E-state index contributed by atoms with van der Waals surface area (Å²) in [6.07, 6.45) is 4.48. The molecule has 1 aliphatic rings. The van der Waals surface area contributed by atoms with Crippen LogP contribution in [-0.4, -0.2) is 32.2 Å². The lowest BCUT2D eigenvalue weighted by Gasteiger charge is -2.29. The van der Waals surface area contributed by atoms with E-state index in [2.05, 4.69) is 22.3 Å². The molecule has 5 nitrogen and oxygen atoms in total. The Bertz CT molecular complexity index is 555. The lowest BCUT2D eigenvalue weighted by Crippen LogP contribution is -2.43.